The van der Waals surface area contributed by atoms with Crippen LogP contribution in [-0.2, 0) is 4.79 Å². The molecular weight excluding hydrogens is 298 g/mol. The van der Waals surface area contributed by atoms with Gasteiger partial charge in [0.1, 0.15) is 5.82 Å². The van der Waals surface area contributed by atoms with E-state index in [1.165, 1.54) is 24.8 Å². The molecule has 1 fully saturated rings. The summed E-state index contributed by atoms with van der Waals surface area (Å²) in [4.78, 5) is 19.1. The molecule has 1 aromatic carbocycles. The molecule has 1 aromatic heterocycles. The predicted molar refractivity (Wildman–Crippen MR) is 101 cm³/mol. The summed E-state index contributed by atoms with van der Waals surface area (Å²) in [5.41, 5.74) is 3.08. The minimum Gasteiger partial charge on any atom is -0.357 e. The fourth-order valence-electron chi connectivity index (χ4n) is 3.30. The van der Waals surface area contributed by atoms with Crippen LogP contribution in [-0.4, -0.2) is 24.0 Å². The Morgan fingerprint density at radius 1 is 1.21 bits per heavy atom. The van der Waals surface area contributed by atoms with E-state index in [-0.39, 0.29) is 5.91 Å². The third-order valence-electron chi connectivity index (χ3n) is 4.72. The van der Waals surface area contributed by atoms with Crippen molar-refractivity contribution in [3.05, 3.63) is 29.8 Å². The number of nitrogens with one attached hydrogen (secondary N) is 1. The highest BCUT2D eigenvalue weighted by Crippen LogP contribution is 2.27. The summed E-state index contributed by atoms with van der Waals surface area (Å²) >= 11 is 0. The first-order valence-electron chi connectivity index (χ1n) is 9.13. The van der Waals surface area contributed by atoms with Crippen molar-refractivity contribution in [1.82, 2.24) is 4.98 Å². The van der Waals surface area contributed by atoms with Gasteiger partial charge in [0.2, 0.25) is 5.91 Å². The Balaban J connectivity index is 1.82. The Bertz CT molecular complexity index is 720. The van der Waals surface area contributed by atoms with Gasteiger partial charge in [0, 0.05) is 30.6 Å². The second-order valence-electron chi connectivity index (χ2n) is 6.73. The number of rotatable bonds is 5. The molecule has 2 aromatic rings. The number of unbranched alkanes of at least 4 members (excludes halogenated alkanes) is 1. The Kier molecular flexibility index (Phi) is 5.34. The van der Waals surface area contributed by atoms with Gasteiger partial charge in [-0.1, -0.05) is 13.3 Å². The Hall–Kier alpha value is -2.10. The summed E-state index contributed by atoms with van der Waals surface area (Å²) in [6, 6.07) is 8.20. The van der Waals surface area contributed by atoms with Crippen LogP contribution >= 0.6 is 0 Å². The van der Waals surface area contributed by atoms with Crippen molar-refractivity contribution in [1.29, 1.82) is 0 Å². The molecule has 1 saturated heterocycles. The molecule has 0 saturated carbocycles. The van der Waals surface area contributed by atoms with Crippen molar-refractivity contribution in [2.75, 3.05) is 23.3 Å². The van der Waals surface area contributed by atoms with Gasteiger partial charge >= 0.3 is 0 Å². The molecule has 0 unspecified atom stereocenters. The minimum absolute atomic E-state index is 0.0896. The quantitative estimate of drug-likeness (QED) is 0.869. The van der Waals surface area contributed by atoms with E-state index in [4.69, 9.17) is 4.98 Å². The van der Waals surface area contributed by atoms with Crippen LogP contribution in [0.25, 0.3) is 10.9 Å². The van der Waals surface area contributed by atoms with Gasteiger partial charge in [-0.25, -0.2) is 4.98 Å². The normalized spacial score (nSPS) is 14.8. The first-order chi connectivity index (χ1) is 11.7. The molecule has 0 spiro atoms. The topological polar surface area (TPSA) is 45.2 Å². The Morgan fingerprint density at radius 2 is 2.00 bits per heavy atom. The smallest absolute Gasteiger partial charge is 0.224 e. The lowest BCUT2D eigenvalue weighted by Crippen LogP contribution is -2.30. The number of nitrogens with zero attached hydrogens (tertiary/aromatic N) is 2. The maximum Gasteiger partial charge on any atom is 0.224 e. The number of hydrogen-bond acceptors (Lipinski definition) is 3. The lowest BCUT2D eigenvalue weighted by molar-refractivity contribution is -0.116. The van der Waals surface area contributed by atoms with E-state index in [0.29, 0.717) is 6.42 Å². The van der Waals surface area contributed by atoms with Gasteiger partial charge in [-0.05, 0) is 62.4 Å². The van der Waals surface area contributed by atoms with Gasteiger partial charge < -0.3 is 10.2 Å². The van der Waals surface area contributed by atoms with Crippen LogP contribution < -0.4 is 10.2 Å². The van der Waals surface area contributed by atoms with Crippen molar-refractivity contribution in [2.45, 2.75) is 52.4 Å². The molecule has 1 aliphatic rings. The summed E-state index contributed by atoms with van der Waals surface area (Å²) in [7, 11) is 0. The van der Waals surface area contributed by atoms with Crippen molar-refractivity contribution >= 4 is 28.3 Å². The molecule has 0 atom stereocenters. The summed E-state index contributed by atoms with van der Waals surface area (Å²) < 4.78 is 0. The molecule has 24 heavy (non-hydrogen) atoms. The van der Waals surface area contributed by atoms with Crippen LogP contribution in [0, 0.1) is 6.92 Å². The van der Waals surface area contributed by atoms with Crippen LogP contribution in [0.15, 0.2) is 24.3 Å². The minimum atomic E-state index is 0.0896. The third kappa shape index (κ3) is 3.86. The molecule has 1 N–H and O–H groups in total. The first-order valence-corrected chi connectivity index (χ1v) is 9.13. The van der Waals surface area contributed by atoms with Gasteiger partial charge in [-0.15, -0.1) is 0 Å². The number of anilines is 2. The van der Waals surface area contributed by atoms with Crippen molar-refractivity contribution in [3.8, 4) is 0 Å². The molecule has 2 heterocycles. The van der Waals surface area contributed by atoms with E-state index in [1.807, 2.05) is 18.2 Å². The zero-order valence-corrected chi connectivity index (χ0v) is 14.8. The zero-order valence-electron chi connectivity index (χ0n) is 14.8. The number of carbonyl (C=O) groups excluding carboxylic acids is 1. The average Bonchev–Trinajstić information content (AvgIpc) is 2.61. The van der Waals surface area contributed by atoms with Gasteiger partial charge in [-0.2, -0.15) is 0 Å². The van der Waals surface area contributed by atoms with Crippen molar-refractivity contribution < 1.29 is 4.79 Å². The number of carbonyl (C=O) groups is 1. The molecule has 1 aliphatic heterocycles. The number of aryl methyl sites for hydroxylation is 1. The molecule has 0 bridgehead atoms. The fraction of sp³-hybridized carbons (Fsp3) is 0.500. The molecule has 0 radical (unpaired) electrons. The highest BCUT2D eigenvalue weighted by atomic mass is 16.1. The molecular formula is C20H27N3O. The van der Waals surface area contributed by atoms with E-state index in [1.54, 1.807) is 0 Å². The number of benzene rings is 1. The molecule has 0 aliphatic carbocycles. The molecule has 4 heteroatoms. The number of hydrogen-bond donors (Lipinski definition) is 1. The number of fused-ring (bicyclic) bond motifs is 1. The number of amides is 1. The van der Waals surface area contributed by atoms with Gasteiger partial charge in [0.25, 0.3) is 0 Å². The predicted octanol–water partition coefficient (Wildman–Crippen LogP) is 4.66. The SMILES string of the molecule is CCCCC(=O)Nc1ccc2nc(N3CCCCC3)cc(C)c2c1. The summed E-state index contributed by atoms with van der Waals surface area (Å²) in [5.74, 6) is 1.17. The summed E-state index contributed by atoms with van der Waals surface area (Å²) in [6.45, 7) is 6.42. The average molecular weight is 325 g/mol. The van der Waals surface area contributed by atoms with Crippen LogP contribution in [0.1, 0.15) is 51.0 Å². The fourth-order valence-corrected chi connectivity index (χ4v) is 3.30. The summed E-state index contributed by atoms with van der Waals surface area (Å²) in [6.07, 6.45) is 6.37. The Labute approximate surface area is 144 Å². The van der Waals surface area contributed by atoms with Crippen LogP contribution in [0.3, 0.4) is 0 Å². The second-order valence-corrected chi connectivity index (χ2v) is 6.73. The van der Waals surface area contributed by atoms with Crippen LogP contribution in [0.5, 0.6) is 0 Å². The van der Waals surface area contributed by atoms with Crippen LogP contribution in [0.4, 0.5) is 11.5 Å². The second kappa shape index (κ2) is 7.65. The maximum absolute atomic E-state index is 11.9. The maximum atomic E-state index is 11.9. The zero-order chi connectivity index (χ0) is 16.9. The highest BCUT2D eigenvalue weighted by molar-refractivity contribution is 5.94. The third-order valence-corrected chi connectivity index (χ3v) is 4.72. The monoisotopic (exact) mass is 325 g/mol. The lowest BCUT2D eigenvalue weighted by atomic mass is 10.1. The van der Waals surface area contributed by atoms with Crippen molar-refractivity contribution in [2.24, 2.45) is 0 Å². The van der Waals surface area contributed by atoms with Gasteiger partial charge in [-0.3, -0.25) is 4.79 Å². The first kappa shape index (κ1) is 16.7. The van der Waals surface area contributed by atoms with Crippen LogP contribution in [0.2, 0.25) is 0 Å². The Morgan fingerprint density at radius 3 is 2.75 bits per heavy atom. The lowest BCUT2D eigenvalue weighted by Gasteiger charge is -2.28. The van der Waals surface area contributed by atoms with Gasteiger partial charge in [0.05, 0.1) is 5.52 Å². The van der Waals surface area contributed by atoms with E-state index in [2.05, 4.69) is 30.1 Å². The molecule has 4 nitrogen and oxygen atoms in total. The summed E-state index contributed by atoms with van der Waals surface area (Å²) in [5, 5.41) is 4.11. The van der Waals surface area contributed by atoms with E-state index in [0.717, 1.165) is 48.3 Å². The standard InChI is InChI=1S/C20H27N3O/c1-3-4-8-20(24)21-16-9-10-18-17(14-16)15(2)13-19(22-18)23-11-6-5-7-12-23/h9-10,13-14H,3-8,11-12H2,1-2H3,(H,21,24). The van der Waals surface area contributed by atoms with E-state index in [9.17, 15) is 4.79 Å². The largest absolute Gasteiger partial charge is 0.357 e. The number of aromatic nitrogens is 1. The number of pyridine rings is 1. The van der Waals surface area contributed by atoms with E-state index < -0.39 is 0 Å². The van der Waals surface area contributed by atoms with E-state index >= 15 is 0 Å². The molecule has 1 amide bonds. The van der Waals surface area contributed by atoms with Crippen molar-refractivity contribution in [3.63, 3.8) is 0 Å². The molecule has 128 valence electrons. The number of piperidine rings is 1. The molecule has 3 rings (SSSR count). The highest BCUT2D eigenvalue weighted by Gasteiger charge is 2.14. The van der Waals surface area contributed by atoms with Gasteiger partial charge in [0.15, 0.2) is 0 Å².